The number of anilines is 1. The van der Waals surface area contributed by atoms with Gasteiger partial charge in [0, 0.05) is 12.6 Å². The fourth-order valence-corrected chi connectivity index (χ4v) is 5.94. The van der Waals surface area contributed by atoms with E-state index >= 15 is 0 Å². The van der Waals surface area contributed by atoms with E-state index in [1.165, 1.54) is 17.0 Å². The molecule has 2 unspecified atom stereocenters. The van der Waals surface area contributed by atoms with Crippen LogP contribution in [0.5, 0.6) is 0 Å². The topological polar surface area (TPSA) is 86.8 Å². The van der Waals surface area contributed by atoms with Gasteiger partial charge in [-0.25, -0.2) is 8.42 Å². The van der Waals surface area contributed by atoms with Gasteiger partial charge in [0.1, 0.15) is 12.6 Å². The maximum atomic E-state index is 14.0. The maximum absolute atomic E-state index is 14.0. The smallest absolute Gasteiger partial charge is 0.264 e. The van der Waals surface area contributed by atoms with Gasteiger partial charge < -0.3 is 10.2 Å². The lowest BCUT2D eigenvalue weighted by Crippen LogP contribution is -2.52. The van der Waals surface area contributed by atoms with E-state index in [1.807, 2.05) is 33.8 Å². The fraction of sp³-hybridized carbons (Fsp3) is 0.333. The van der Waals surface area contributed by atoms with Crippen molar-refractivity contribution in [3.8, 4) is 0 Å². The normalized spacial score (nSPS) is 12.9. The number of carbonyl (C=O) groups is 2. The van der Waals surface area contributed by atoms with E-state index in [-0.39, 0.29) is 23.4 Å². The van der Waals surface area contributed by atoms with E-state index in [2.05, 4.69) is 5.32 Å². The zero-order valence-electron chi connectivity index (χ0n) is 23.3. The van der Waals surface area contributed by atoms with Gasteiger partial charge in [0.2, 0.25) is 11.8 Å². The predicted octanol–water partition coefficient (Wildman–Crippen LogP) is 6.14. The molecule has 10 heteroatoms. The molecule has 7 nitrogen and oxygen atoms in total. The van der Waals surface area contributed by atoms with Crippen molar-refractivity contribution in [2.75, 3.05) is 10.8 Å². The minimum atomic E-state index is -4.13. The second-order valence-corrected chi connectivity index (χ2v) is 12.5. The molecule has 1 N–H and O–H groups in total. The highest BCUT2D eigenvalue weighted by Crippen LogP contribution is 2.29. The number of halogens is 2. The highest BCUT2D eigenvalue weighted by molar-refractivity contribution is 7.92. The maximum Gasteiger partial charge on any atom is 0.264 e. The van der Waals surface area contributed by atoms with Gasteiger partial charge in [0.05, 0.1) is 20.6 Å². The van der Waals surface area contributed by atoms with Gasteiger partial charge in [-0.1, -0.05) is 66.5 Å². The lowest BCUT2D eigenvalue weighted by Gasteiger charge is -2.33. The summed E-state index contributed by atoms with van der Waals surface area (Å²) < 4.78 is 29.0. The number of carbonyl (C=O) groups excluding carboxylic acids is 2. The molecule has 3 aromatic rings. The van der Waals surface area contributed by atoms with Crippen molar-refractivity contribution >= 4 is 50.7 Å². The SMILES string of the molecule is CCC(C)NC(=O)C(C)N(Cc1ccc(Cl)c(Cl)c1)C(=O)CN(c1cccc(C)c1C)S(=O)(=O)c1ccccc1. The Hall–Kier alpha value is -3.07. The lowest BCUT2D eigenvalue weighted by molar-refractivity contribution is -0.139. The molecule has 0 saturated carbocycles. The Morgan fingerprint density at radius 1 is 0.925 bits per heavy atom. The van der Waals surface area contributed by atoms with Crippen LogP contribution in [0.4, 0.5) is 5.69 Å². The monoisotopic (exact) mass is 603 g/mol. The van der Waals surface area contributed by atoms with Crippen molar-refractivity contribution in [3.63, 3.8) is 0 Å². The van der Waals surface area contributed by atoms with E-state index in [0.717, 1.165) is 21.9 Å². The van der Waals surface area contributed by atoms with E-state index in [0.29, 0.717) is 21.3 Å². The first-order valence-electron chi connectivity index (χ1n) is 13.0. The molecule has 0 fully saturated rings. The Bertz CT molecular complexity index is 1470. The summed E-state index contributed by atoms with van der Waals surface area (Å²) in [5.41, 5.74) is 2.65. The second kappa shape index (κ2) is 13.5. The summed E-state index contributed by atoms with van der Waals surface area (Å²) in [6.07, 6.45) is 0.717. The van der Waals surface area contributed by atoms with Crippen LogP contribution in [0.2, 0.25) is 10.0 Å². The first-order valence-corrected chi connectivity index (χ1v) is 15.2. The van der Waals surface area contributed by atoms with Crippen LogP contribution in [0.15, 0.2) is 71.6 Å². The fourth-order valence-electron chi connectivity index (χ4n) is 4.12. The van der Waals surface area contributed by atoms with Gasteiger partial charge >= 0.3 is 0 Å². The summed E-state index contributed by atoms with van der Waals surface area (Å²) >= 11 is 12.3. The molecule has 214 valence electrons. The van der Waals surface area contributed by atoms with Gasteiger partial charge in [-0.05, 0) is 81.1 Å². The summed E-state index contributed by atoms with van der Waals surface area (Å²) in [5, 5.41) is 3.59. The molecule has 2 atom stereocenters. The van der Waals surface area contributed by atoms with Gasteiger partial charge in [0.25, 0.3) is 10.0 Å². The third-order valence-corrected chi connectivity index (χ3v) is 9.47. The number of nitrogens with one attached hydrogen (secondary N) is 1. The van der Waals surface area contributed by atoms with Crippen molar-refractivity contribution in [1.29, 1.82) is 0 Å². The molecule has 0 aliphatic heterocycles. The number of sulfonamides is 1. The van der Waals surface area contributed by atoms with E-state index in [9.17, 15) is 18.0 Å². The number of amides is 2. The summed E-state index contributed by atoms with van der Waals surface area (Å²) in [6.45, 7) is 8.67. The zero-order chi connectivity index (χ0) is 29.6. The summed E-state index contributed by atoms with van der Waals surface area (Å²) in [6, 6.07) is 17.3. The van der Waals surface area contributed by atoms with Gasteiger partial charge in [0.15, 0.2) is 0 Å². The molecule has 0 bridgehead atoms. The van der Waals surface area contributed by atoms with E-state index in [1.54, 1.807) is 55.5 Å². The van der Waals surface area contributed by atoms with Gasteiger partial charge in [-0.2, -0.15) is 0 Å². The third-order valence-electron chi connectivity index (χ3n) is 6.96. The molecule has 3 rings (SSSR count). The Morgan fingerprint density at radius 3 is 2.23 bits per heavy atom. The number of rotatable bonds is 11. The van der Waals surface area contributed by atoms with Crippen LogP contribution in [-0.4, -0.2) is 43.8 Å². The number of benzene rings is 3. The minimum Gasteiger partial charge on any atom is -0.352 e. The average molecular weight is 605 g/mol. The van der Waals surface area contributed by atoms with Gasteiger partial charge in [-0.15, -0.1) is 0 Å². The number of aryl methyl sites for hydroxylation is 1. The summed E-state index contributed by atoms with van der Waals surface area (Å²) in [4.78, 5) is 28.6. The Balaban J connectivity index is 2.07. The van der Waals surface area contributed by atoms with Crippen molar-refractivity contribution < 1.29 is 18.0 Å². The van der Waals surface area contributed by atoms with Crippen molar-refractivity contribution in [2.24, 2.45) is 0 Å². The second-order valence-electron chi connectivity index (χ2n) is 9.81. The number of nitrogens with zero attached hydrogens (tertiary/aromatic N) is 2. The summed E-state index contributed by atoms with van der Waals surface area (Å²) in [5.74, 6) is -0.884. The number of hydrogen-bond donors (Lipinski definition) is 1. The molecule has 0 spiro atoms. The molecule has 0 saturated heterocycles. The average Bonchev–Trinajstić information content (AvgIpc) is 2.93. The third kappa shape index (κ3) is 7.36. The molecule has 0 radical (unpaired) electrons. The van der Waals surface area contributed by atoms with Crippen LogP contribution in [0.1, 0.15) is 43.9 Å². The van der Waals surface area contributed by atoms with Crippen LogP contribution in [0.3, 0.4) is 0 Å². The highest BCUT2D eigenvalue weighted by Gasteiger charge is 2.33. The molecule has 0 aromatic heterocycles. The van der Waals surface area contributed by atoms with E-state index < -0.39 is 28.5 Å². The minimum absolute atomic E-state index is 0.0246. The molecule has 0 heterocycles. The molecular formula is C30H35Cl2N3O4S. The molecule has 0 aliphatic rings. The van der Waals surface area contributed by atoms with Crippen LogP contribution in [0, 0.1) is 13.8 Å². The first kappa shape index (κ1) is 31.5. The van der Waals surface area contributed by atoms with Gasteiger partial charge in [-0.3, -0.25) is 13.9 Å². The molecule has 3 aromatic carbocycles. The number of hydrogen-bond acceptors (Lipinski definition) is 4. The standard InChI is InChI=1S/C30H35Cl2N3O4S/c1-6-21(3)33-30(37)23(5)34(18-24-15-16-26(31)27(32)17-24)29(36)19-35(28-14-10-11-20(2)22(28)4)40(38,39)25-12-8-7-9-13-25/h7-17,21,23H,6,18-19H2,1-5H3,(H,33,37). The summed E-state index contributed by atoms with van der Waals surface area (Å²) in [7, 11) is -4.13. The van der Waals surface area contributed by atoms with Crippen LogP contribution in [-0.2, 0) is 26.2 Å². The highest BCUT2D eigenvalue weighted by atomic mass is 35.5. The lowest BCUT2D eigenvalue weighted by atomic mass is 10.1. The Morgan fingerprint density at radius 2 is 1.60 bits per heavy atom. The predicted molar refractivity (Wildman–Crippen MR) is 161 cm³/mol. The van der Waals surface area contributed by atoms with Crippen LogP contribution >= 0.6 is 23.2 Å². The van der Waals surface area contributed by atoms with Crippen molar-refractivity contribution in [2.45, 2.75) is 64.6 Å². The van der Waals surface area contributed by atoms with Crippen LogP contribution in [0.25, 0.3) is 0 Å². The quantitative estimate of drug-likeness (QED) is 0.285. The first-order chi connectivity index (χ1) is 18.9. The Labute approximate surface area is 247 Å². The van der Waals surface area contributed by atoms with Crippen molar-refractivity contribution in [1.82, 2.24) is 10.2 Å². The zero-order valence-corrected chi connectivity index (χ0v) is 25.6. The molecule has 0 aliphatic carbocycles. The van der Waals surface area contributed by atoms with Crippen molar-refractivity contribution in [3.05, 3.63) is 93.5 Å². The molecule has 40 heavy (non-hydrogen) atoms. The Kier molecular flexibility index (Phi) is 10.6. The van der Waals surface area contributed by atoms with E-state index in [4.69, 9.17) is 23.2 Å². The van der Waals surface area contributed by atoms with Crippen LogP contribution < -0.4 is 9.62 Å². The molecular weight excluding hydrogens is 569 g/mol. The largest absolute Gasteiger partial charge is 0.352 e. The molecule has 2 amide bonds.